The third-order valence-electron chi connectivity index (χ3n) is 2.01. The molecule has 1 rings (SSSR count). The summed E-state index contributed by atoms with van der Waals surface area (Å²) in [4.78, 5) is 10.2. The number of carbonyl (C=O) groups is 1. The lowest BCUT2D eigenvalue weighted by Gasteiger charge is -2.01. The maximum absolute atomic E-state index is 13.2. The Bertz CT molecular complexity index is 399. The highest BCUT2D eigenvalue weighted by atomic mass is 19.1. The number of benzene rings is 1. The molecule has 0 atom stereocenters. The van der Waals surface area contributed by atoms with Crippen LogP contribution in [0.4, 0.5) is 4.39 Å². The average molecular weight is 224 g/mol. The van der Waals surface area contributed by atoms with Crippen molar-refractivity contribution in [3.05, 3.63) is 35.7 Å². The van der Waals surface area contributed by atoms with Gasteiger partial charge in [0, 0.05) is 6.42 Å². The molecule has 4 heteroatoms. The van der Waals surface area contributed by atoms with E-state index in [9.17, 15) is 9.18 Å². The minimum Gasteiger partial charge on any atom is -0.494 e. The lowest BCUT2D eigenvalue weighted by Crippen LogP contribution is -1.91. The number of methoxy groups -OCH3 is 1. The first-order chi connectivity index (χ1) is 7.63. The maximum atomic E-state index is 13.2. The van der Waals surface area contributed by atoms with Gasteiger partial charge in [-0.1, -0.05) is 18.2 Å². The van der Waals surface area contributed by atoms with E-state index in [0.717, 1.165) is 0 Å². The van der Waals surface area contributed by atoms with E-state index in [-0.39, 0.29) is 12.2 Å². The van der Waals surface area contributed by atoms with E-state index >= 15 is 0 Å². The lowest BCUT2D eigenvalue weighted by atomic mass is 10.1. The summed E-state index contributed by atoms with van der Waals surface area (Å²) >= 11 is 0. The van der Waals surface area contributed by atoms with Crippen molar-refractivity contribution in [1.82, 2.24) is 0 Å². The molecule has 0 saturated carbocycles. The normalized spacial score (nSPS) is 10.6. The Kier molecular flexibility index (Phi) is 4.51. The van der Waals surface area contributed by atoms with E-state index in [1.165, 1.54) is 19.2 Å². The number of carboxylic acid groups (broad SMARTS) is 1. The Morgan fingerprint density at radius 1 is 1.56 bits per heavy atom. The van der Waals surface area contributed by atoms with Gasteiger partial charge in [-0.2, -0.15) is 0 Å². The molecule has 0 aliphatic carbocycles. The second-order valence-corrected chi connectivity index (χ2v) is 3.23. The van der Waals surface area contributed by atoms with Crippen molar-refractivity contribution in [2.75, 3.05) is 7.11 Å². The number of ether oxygens (including phenoxy) is 1. The topological polar surface area (TPSA) is 46.5 Å². The van der Waals surface area contributed by atoms with E-state index < -0.39 is 11.8 Å². The van der Waals surface area contributed by atoms with Gasteiger partial charge in [-0.15, -0.1) is 0 Å². The zero-order valence-corrected chi connectivity index (χ0v) is 8.94. The zero-order valence-electron chi connectivity index (χ0n) is 8.94. The number of hydrogen-bond donors (Lipinski definition) is 1. The summed E-state index contributed by atoms with van der Waals surface area (Å²) in [6.07, 6.45) is 3.90. The van der Waals surface area contributed by atoms with Crippen LogP contribution in [0, 0.1) is 5.82 Å². The molecule has 0 radical (unpaired) electrons. The first-order valence-corrected chi connectivity index (χ1v) is 4.85. The van der Waals surface area contributed by atoms with Gasteiger partial charge in [0.1, 0.15) is 0 Å². The fraction of sp³-hybridized carbons (Fsp3) is 0.250. The molecule has 0 spiro atoms. The van der Waals surface area contributed by atoms with Gasteiger partial charge < -0.3 is 9.84 Å². The second-order valence-electron chi connectivity index (χ2n) is 3.23. The highest BCUT2D eigenvalue weighted by Crippen LogP contribution is 2.18. The average Bonchev–Trinajstić information content (AvgIpc) is 2.24. The maximum Gasteiger partial charge on any atom is 0.303 e. The van der Waals surface area contributed by atoms with Crippen molar-refractivity contribution in [1.29, 1.82) is 0 Å². The third kappa shape index (κ3) is 3.73. The van der Waals surface area contributed by atoms with Gasteiger partial charge in [0.25, 0.3) is 0 Å². The van der Waals surface area contributed by atoms with E-state index in [1.54, 1.807) is 18.2 Å². The predicted molar refractivity (Wildman–Crippen MR) is 58.9 cm³/mol. The van der Waals surface area contributed by atoms with Crippen LogP contribution in [0.3, 0.4) is 0 Å². The highest BCUT2D eigenvalue weighted by molar-refractivity contribution is 5.67. The molecule has 16 heavy (non-hydrogen) atoms. The highest BCUT2D eigenvalue weighted by Gasteiger charge is 2.01. The number of aliphatic carboxylic acids is 1. The van der Waals surface area contributed by atoms with Gasteiger partial charge in [0.05, 0.1) is 7.11 Å². The van der Waals surface area contributed by atoms with Gasteiger partial charge in [-0.25, -0.2) is 4.39 Å². The number of carboxylic acids is 1. The number of allylic oxidation sites excluding steroid dienone is 1. The summed E-state index contributed by atoms with van der Waals surface area (Å²) in [5.41, 5.74) is 0.684. The molecule has 0 saturated heterocycles. The van der Waals surface area contributed by atoms with Crippen LogP contribution >= 0.6 is 0 Å². The van der Waals surface area contributed by atoms with Gasteiger partial charge in [-0.05, 0) is 24.1 Å². The number of rotatable bonds is 5. The Morgan fingerprint density at radius 3 is 2.88 bits per heavy atom. The van der Waals surface area contributed by atoms with Crippen molar-refractivity contribution in [3.63, 3.8) is 0 Å². The Labute approximate surface area is 93.2 Å². The molecular formula is C12H13FO3. The van der Waals surface area contributed by atoms with Crippen molar-refractivity contribution in [2.24, 2.45) is 0 Å². The molecule has 0 heterocycles. The summed E-state index contributed by atoms with van der Waals surface area (Å²) in [6, 6.07) is 4.58. The molecule has 1 aromatic carbocycles. The molecule has 0 aromatic heterocycles. The summed E-state index contributed by atoms with van der Waals surface area (Å²) in [5, 5.41) is 8.41. The molecule has 0 amide bonds. The molecule has 3 nitrogen and oxygen atoms in total. The van der Waals surface area contributed by atoms with Crippen LogP contribution in [-0.4, -0.2) is 18.2 Å². The van der Waals surface area contributed by atoms with Crippen LogP contribution in [0.1, 0.15) is 18.4 Å². The molecule has 0 aliphatic rings. The van der Waals surface area contributed by atoms with Gasteiger partial charge in [0.15, 0.2) is 11.6 Å². The monoisotopic (exact) mass is 224 g/mol. The number of hydrogen-bond acceptors (Lipinski definition) is 2. The quantitative estimate of drug-likeness (QED) is 0.836. The predicted octanol–water partition coefficient (Wildman–Crippen LogP) is 2.71. The van der Waals surface area contributed by atoms with Gasteiger partial charge >= 0.3 is 5.97 Å². The molecule has 86 valence electrons. The minimum atomic E-state index is -0.842. The Balaban J connectivity index is 2.61. The molecular weight excluding hydrogens is 211 g/mol. The van der Waals surface area contributed by atoms with Crippen LogP contribution < -0.4 is 4.74 Å². The minimum absolute atomic E-state index is 0.0785. The molecule has 1 aromatic rings. The van der Waals surface area contributed by atoms with E-state index in [1.807, 2.05) is 0 Å². The second kappa shape index (κ2) is 5.90. The summed E-state index contributed by atoms with van der Waals surface area (Å²) < 4.78 is 18.0. The Hall–Kier alpha value is -1.84. The van der Waals surface area contributed by atoms with E-state index in [4.69, 9.17) is 9.84 Å². The molecule has 0 aliphatic heterocycles. The van der Waals surface area contributed by atoms with Gasteiger partial charge in [0.2, 0.25) is 0 Å². The van der Waals surface area contributed by atoms with Crippen LogP contribution in [0.5, 0.6) is 5.75 Å². The zero-order chi connectivity index (χ0) is 12.0. The smallest absolute Gasteiger partial charge is 0.303 e. The van der Waals surface area contributed by atoms with Crippen LogP contribution in [-0.2, 0) is 4.79 Å². The lowest BCUT2D eigenvalue weighted by molar-refractivity contribution is -0.136. The van der Waals surface area contributed by atoms with Crippen LogP contribution in [0.2, 0.25) is 0 Å². The fourth-order valence-electron chi connectivity index (χ4n) is 1.21. The SMILES string of the molecule is COc1ccc(C=CCCC(=O)O)cc1F. The largest absolute Gasteiger partial charge is 0.494 e. The van der Waals surface area contributed by atoms with E-state index in [2.05, 4.69) is 0 Å². The molecule has 0 unspecified atom stereocenters. The standard InChI is InChI=1S/C12H13FO3/c1-16-11-7-6-9(8-10(11)13)4-2-3-5-12(14)15/h2,4,6-8H,3,5H2,1H3,(H,14,15). The van der Waals surface area contributed by atoms with Crippen LogP contribution in [0.25, 0.3) is 6.08 Å². The summed E-state index contributed by atoms with van der Waals surface area (Å²) in [6.45, 7) is 0. The number of halogens is 1. The Morgan fingerprint density at radius 2 is 2.31 bits per heavy atom. The van der Waals surface area contributed by atoms with Crippen molar-refractivity contribution >= 4 is 12.0 Å². The first-order valence-electron chi connectivity index (χ1n) is 4.85. The third-order valence-corrected chi connectivity index (χ3v) is 2.01. The van der Waals surface area contributed by atoms with Crippen molar-refractivity contribution in [3.8, 4) is 5.75 Å². The van der Waals surface area contributed by atoms with Crippen LogP contribution in [0.15, 0.2) is 24.3 Å². The van der Waals surface area contributed by atoms with Crippen molar-refractivity contribution in [2.45, 2.75) is 12.8 Å². The molecule has 1 N–H and O–H groups in total. The summed E-state index contributed by atoms with van der Waals surface area (Å²) in [7, 11) is 1.40. The fourth-order valence-corrected chi connectivity index (χ4v) is 1.21. The molecule has 0 fully saturated rings. The first kappa shape index (κ1) is 12.2. The van der Waals surface area contributed by atoms with E-state index in [0.29, 0.717) is 12.0 Å². The molecule has 0 bridgehead atoms. The summed E-state index contributed by atoms with van der Waals surface area (Å²) in [5.74, 6) is -1.07. The van der Waals surface area contributed by atoms with Gasteiger partial charge in [-0.3, -0.25) is 4.79 Å². The van der Waals surface area contributed by atoms with Crippen molar-refractivity contribution < 1.29 is 19.0 Å².